The molecule has 0 rings (SSSR count). The summed E-state index contributed by atoms with van der Waals surface area (Å²) in [5.74, 6) is 0. The molecule has 0 aromatic rings. The first-order chi connectivity index (χ1) is 3.31. The summed E-state index contributed by atoms with van der Waals surface area (Å²) < 4.78 is 4.69. The van der Waals surface area contributed by atoms with Crippen LogP contribution >= 0.6 is 11.6 Å². The van der Waals surface area contributed by atoms with Crippen molar-refractivity contribution in [2.45, 2.75) is 6.92 Å². The topological polar surface area (TPSA) is 9.23 Å². The van der Waals surface area contributed by atoms with Crippen LogP contribution in [0.2, 0.25) is 0 Å². The second kappa shape index (κ2) is 4.16. The van der Waals surface area contributed by atoms with Gasteiger partial charge >= 0.3 is 0 Å². The second-order valence-corrected chi connectivity index (χ2v) is 1.65. The Balaban J connectivity index is 3.17. The van der Waals surface area contributed by atoms with Gasteiger partial charge in [0, 0.05) is 12.1 Å². The van der Waals surface area contributed by atoms with Gasteiger partial charge in [-0.1, -0.05) is 17.7 Å². The lowest BCUT2D eigenvalue weighted by atomic mass is 10.5. The number of hydrogen-bond acceptors (Lipinski definition) is 1. The van der Waals surface area contributed by atoms with E-state index in [0.717, 1.165) is 5.03 Å². The van der Waals surface area contributed by atoms with E-state index in [1.807, 2.05) is 13.0 Å². The minimum absolute atomic E-state index is 0.526. The van der Waals surface area contributed by atoms with Gasteiger partial charge in [0.25, 0.3) is 0 Å². The fraction of sp³-hybridized carbons (Fsp3) is 0.600. The van der Waals surface area contributed by atoms with E-state index in [1.165, 1.54) is 0 Å². The third-order valence-corrected chi connectivity index (χ3v) is 0.923. The zero-order valence-corrected chi connectivity index (χ0v) is 5.33. The van der Waals surface area contributed by atoms with Crippen molar-refractivity contribution in [1.29, 1.82) is 0 Å². The van der Waals surface area contributed by atoms with Crippen molar-refractivity contribution < 1.29 is 4.74 Å². The molecule has 0 atom stereocenters. The SMILES string of the molecule is C/C=C(/Cl)COC. The fourth-order valence-electron chi connectivity index (χ4n) is 0.221. The highest BCUT2D eigenvalue weighted by molar-refractivity contribution is 6.29. The monoisotopic (exact) mass is 120 g/mol. The molecule has 0 unspecified atom stereocenters. The molecule has 0 saturated carbocycles. The fourth-order valence-corrected chi connectivity index (χ4v) is 0.330. The van der Waals surface area contributed by atoms with Crippen LogP contribution in [-0.4, -0.2) is 13.7 Å². The Bertz CT molecular complexity index is 68.5. The first-order valence-corrected chi connectivity index (χ1v) is 2.48. The zero-order chi connectivity index (χ0) is 5.70. The van der Waals surface area contributed by atoms with Gasteiger partial charge in [0.2, 0.25) is 0 Å². The van der Waals surface area contributed by atoms with Crippen LogP contribution in [0.25, 0.3) is 0 Å². The second-order valence-electron chi connectivity index (χ2n) is 1.17. The molecule has 0 aromatic heterocycles. The third-order valence-electron chi connectivity index (χ3n) is 0.595. The van der Waals surface area contributed by atoms with E-state index in [1.54, 1.807) is 7.11 Å². The van der Waals surface area contributed by atoms with E-state index in [-0.39, 0.29) is 0 Å². The Hall–Kier alpha value is -0.0100. The summed E-state index contributed by atoms with van der Waals surface area (Å²) in [6, 6.07) is 0. The van der Waals surface area contributed by atoms with Crippen molar-refractivity contribution in [3.63, 3.8) is 0 Å². The predicted octanol–water partition coefficient (Wildman–Crippen LogP) is 1.78. The van der Waals surface area contributed by atoms with E-state index in [4.69, 9.17) is 16.3 Å². The average Bonchev–Trinajstić information content (AvgIpc) is 1.68. The molecule has 1 nitrogen and oxygen atoms in total. The molecular formula is C5H9ClO. The lowest BCUT2D eigenvalue weighted by molar-refractivity contribution is 0.231. The van der Waals surface area contributed by atoms with Gasteiger partial charge < -0.3 is 4.74 Å². The molecule has 42 valence electrons. The lowest BCUT2D eigenvalue weighted by Crippen LogP contribution is -1.84. The van der Waals surface area contributed by atoms with E-state index in [9.17, 15) is 0 Å². The maximum Gasteiger partial charge on any atom is 0.0815 e. The van der Waals surface area contributed by atoms with Gasteiger partial charge in [-0.2, -0.15) is 0 Å². The molecule has 0 aliphatic rings. The number of hydrogen-bond donors (Lipinski definition) is 0. The van der Waals surface area contributed by atoms with Crippen LogP contribution in [0.5, 0.6) is 0 Å². The highest BCUT2D eigenvalue weighted by atomic mass is 35.5. The molecule has 0 aliphatic carbocycles. The Morgan fingerprint density at radius 3 is 2.57 bits per heavy atom. The van der Waals surface area contributed by atoms with Crippen molar-refractivity contribution in [3.8, 4) is 0 Å². The molecule has 0 fully saturated rings. The van der Waals surface area contributed by atoms with Crippen molar-refractivity contribution >= 4 is 11.6 Å². The number of rotatable bonds is 2. The van der Waals surface area contributed by atoms with Crippen LogP contribution in [0.4, 0.5) is 0 Å². The Morgan fingerprint density at radius 2 is 2.43 bits per heavy atom. The van der Waals surface area contributed by atoms with Gasteiger partial charge in [-0.25, -0.2) is 0 Å². The predicted molar refractivity (Wildman–Crippen MR) is 31.5 cm³/mol. The first-order valence-electron chi connectivity index (χ1n) is 2.11. The molecule has 0 saturated heterocycles. The molecule has 2 heteroatoms. The molecule has 0 heterocycles. The number of allylic oxidation sites excluding steroid dienone is 1. The molecule has 0 bridgehead atoms. The normalized spacial score (nSPS) is 12.1. The maximum absolute atomic E-state index is 5.50. The van der Waals surface area contributed by atoms with Crippen molar-refractivity contribution in [3.05, 3.63) is 11.1 Å². The summed E-state index contributed by atoms with van der Waals surface area (Å²) in [6.07, 6.45) is 1.81. The Kier molecular flexibility index (Phi) is 4.15. The number of methoxy groups -OCH3 is 1. The summed E-state index contributed by atoms with van der Waals surface area (Å²) in [6.45, 7) is 2.40. The minimum Gasteiger partial charge on any atom is -0.379 e. The van der Waals surface area contributed by atoms with Gasteiger partial charge in [0.1, 0.15) is 0 Å². The number of halogens is 1. The van der Waals surface area contributed by atoms with Gasteiger partial charge in [0.05, 0.1) is 6.61 Å². The van der Waals surface area contributed by atoms with Gasteiger partial charge in [-0.15, -0.1) is 0 Å². The summed E-state index contributed by atoms with van der Waals surface area (Å²) in [5.41, 5.74) is 0. The maximum atomic E-state index is 5.50. The standard InChI is InChI=1S/C5H9ClO/c1-3-5(6)4-7-2/h3H,4H2,1-2H3/b5-3+. The Labute approximate surface area is 48.9 Å². The van der Waals surface area contributed by atoms with Crippen LogP contribution in [-0.2, 0) is 4.74 Å². The van der Waals surface area contributed by atoms with Crippen LogP contribution in [0.1, 0.15) is 6.92 Å². The zero-order valence-electron chi connectivity index (χ0n) is 4.57. The number of ether oxygens (including phenoxy) is 1. The lowest BCUT2D eigenvalue weighted by Gasteiger charge is -1.90. The third kappa shape index (κ3) is 3.83. The van der Waals surface area contributed by atoms with Crippen molar-refractivity contribution in [1.82, 2.24) is 0 Å². The molecule has 7 heavy (non-hydrogen) atoms. The largest absolute Gasteiger partial charge is 0.379 e. The highest BCUT2D eigenvalue weighted by Gasteiger charge is 1.82. The quantitative estimate of drug-likeness (QED) is 0.540. The van der Waals surface area contributed by atoms with E-state index < -0.39 is 0 Å². The van der Waals surface area contributed by atoms with Crippen LogP contribution in [0.3, 0.4) is 0 Å². The first kappa shape index (κ1) is 6.99. The molecular weight excluding hydrogens is 112 g/mol. The van der Waals surface area contributed by atoms with Gasteiger partial charge in [-0.3, -0.25) is 0 Å². The summed E-state index contributed by atoms with van der Waals surface area (Å²) in [4.78, 5) is 0. The van der Waals surface area contributed by atoms with Crippen molar-refractivity contribution in [2.75, 3.05) is 13.7 Å². The van der Waals surface area contributed by atoms with Crippen molar-refractivity contribution in [2.24, 2.45) is 0 Å². The molecule has 0 aromatic carbocycles. The molecule has 0 aliphatic heterocycles. The van der Waals surface area contributed by atoms with Crippen LogP contribution in [0, 0.1) is 0 Å². The highest BCUT2D eigenvalue weighted by Crippen LogP contribution is 1.98. The van der Waals surface area contributed by atoms with Crippen LogP contribution < -0.4 is 0 Å². The van der Waals surface area contributed by atoms with Gasteiger partial charge in [-0.05, 0) is 6.92 Å². The van der Waals surface area contributed by atoms with Crippen LogP contribution in [0.15, 0.2) is 11.1 Å². The van der Waals surface area contributed by atoms with E-state index in [2.05, 4.69) is 0 Å². The molecule has 0 N–H and O–H groups in total. The summed E-state index contributed by atoms with van der Waals surface area (Å²) >= 11 is 5.50. The molecule has 0 radical (unpaired) electrons. The summed E-state index contributed by atoms with van der Waals surface area (Å²) in [7, 11) is 1.62. The smallest absolute Gasteiger partial charge is 0.0815 e. The summed E-state index contributed by atoms with van der Waals surface area (Å²) in [5, 5.41) is 0.752. The van der Waals surface area contributed by atoms with E-state index >= 15 is 0 Å². The molecule has 0 amide bonds. The Morgan fingerprint density at radius 1 is 1.86 bits per heavy atom. The molecule has 0 spiro atoms. The van der Waals surface area contributed by atoms with Gasteiger partial charge in [0.15, 0.2) is 0 Å². The minimum atomic E-state index is 0.526. The van der Waals surface area contributed by atoms with E-state index in [0.29, 0.717) is 6.61 Å². The average molecular weight is 121 g/mol.